The van der Waals surface area contributed by atoms with Crippen molar-refractivity contribution in [1.82, 2.24) is 19.9 Å². The van der Waals surface area contributed by atoms with Crippen molar-refractivity contribution in [3.63, 3.8) is 0 Å². The van der Waals surface area contributed by atoms with Gasteiger partial charge in [0.2, 0.25) is 0 Å². The number of aryl methyl sites for hydroxylation is 1. The molecule has 0 aromatic carbocycles. The summed E-state index contributed by atoms with van der Waals surface area (Å²) >= 11 is 0. The van der Waals surface area contributed by atoms with Gasteiger partial charge < -0.3 is 0 Å². The van der Waals surface area contributed by atoms with Crippen molar-refractivity contribution in [1.29, 1.82) is 0 Å². The van der Waals surface area contributed by atoms with Crippen LogP contribution in [0.3, 0.4) is 0 Å². The van der Waals surface area contributed by atoms with Gasteiger partial charge in [-0.3, -0.25) is 4.90 Å². The van der Waals surface area contributed by atoms with Crippen LogP contribution in [0.2, 0.25) is 0 Å². The minimum atomic E-state index is 0.606. The molecule has 1 aromatic rings. The first-order valence-electron chi connectivity index (χ1n) is 5.46. The lowest BCUT2D eigenvalue weighted by atomic mass is 10.1. The SMILES string of the molecule is CC(C)N1CCC=C(c2cnnn2C)C1. The minimum absolute atomic E-state index is 0.606. The van der Waals surface area contributed by atoms with Crippen LogP contribution in [0.5, 0.6) is 0 Å². The molecule has 1 aromatic heterocycles. The Hall–Kier alpha value is -1.16. The van der Waals surface area contributed by atoms with Crippen LogP contribution >= 0.6 is 0 Å². The molecule has 2 heterocycles. The Morgan fingerprint density at radius 1 is 1.40 bits per heavy atom. The van der Waals surface area contributed by atoms with Crippen LogP contribution in [-0.4, -0.2) is 39.0 Å². The first-order chi connectivity index (χ1) is 7.18. The summed E-state index contributed by atoms with van der Waals surface area (Å²) in [4.78, 5) is 2.47. The van der Waals surface area contributed by atoms with Crippen molar-refractivity contribution in [2.45, 2.75) is 26.3 Å². The summed E-state index contributed by atoms with van der Waals surface area (Å²) < 4.78 is 1.84. The van der Waals surface area contributed by atoms with Gasteiger partial charge in [-0.15, -0.1) is 5.10 Å². The molecule has 1 aliphatic heterocycles. The third-order valence-electron chi connectivity index (χ3n) is 2.95. The van der Waals surface area contributed by atoms with E-state index in [9.17, 15) is 0 Å². The lowest BCUT2D eigenvalue weighted by Gasteiger charge is -2.30. The molecule has 0 amide bonds. The Kier molecular flexibility index (Phi) is 2.86. The summed E-state index contributed by atoms with van der Waals surface area (Å²) in [6.07, 6.45) is 5.27. The number of aromatic nitrogens is 3. The zero-order valence-corrected chi connectivity index (χ0v) is 9.64. The van der Waals surface area contributed by atoms with E-state index in [1.807, 2.05) is 17.9 Å². The van der Waals surface area contributed by atoms with Gasteiger partial charge in [0.1, 0.15) is 0 Å². The number of rotatable bonds is 2. The van der Waals surface area contributed by atoms with Crippen molar-refractivity contribution >= 4 is 5.57 Å². The second-order valence-electron chi connectivity index (χ2n) is 4.33. The fraction of sp³-hybridized carbons (Fsp3) is 0.636. The first kappa shape index (κ1) is 10.4. The van der Waals surface area contributed by atoms with E-state index in [4.69, 9.17) is 0 Å². The zero-order valence-electron chi connectivity index (χ0n) is 9.64. The highest BCUT2D eigenvalue weighted by Gasteiger charge is 2.17. The van der Waals surface area contributed by atoms with E-state index in [2.05, 4.69) is 35.1 Å². The van der Waals surface area contributed by atoms with Crippen LogP contribution in [0.4, 0.5) is 0 Å². The van der Waals surface area contributed by atoms with Gasteiger partial charge in [-0.25, -0.2) is 4.68 Å². The minimum Gasteiger partial charge on any atom is -0.296 e. The number of hydrogen-bond acceptors (Lipinski definition) is 3. The molecule has 0 aliphatic carbocycles. The molecular weight excluding hydrogens is 188 g/mol. The van der Waals surface area contributed by atoms with Crippen molar-refractivity contribution in [2.24, 2.45) is 7.05 Å². The standard InChI is InChI=1S/C11H18N4/c1-9(2)15-6-4-5-10(8-15)11-7-12-13-14(11)3/h5,7,9H,4,6,8H2,1-3H3. The monoisotopic (exact) mass is 206 g/mol. The second kappa shape index (κ2) is 4.14. The van der Waals surface area contributed by atoms with Crippen LogP contribution < -0.4 is 0 Å². The highest BCUT2D eigenvalue weighted by Crippen LogP contribution is 2.20. The Labute approximate surface area is 90.6 Å². The average molecular weight is 206 g/mol. The summed E-state index contributed by atoms with van der Waals surface area (Å²) in [5.74, 6) is 0. The van der Waals surface area contributed by atoms with E-state index in [0.29, 0.717) is 6.04 Å². The third-order valence-corrected chi connectivity index (χ3v) is 2.95. The Morgan fingerprint density at radius 3 is 2.80 bits per heavy atom. The quantitative estimate of drug-likeness (QED) is 0.731. The van der Waals surface area contributed by atoms with Gasteiger partial charge in [0.15, 0.2) is 0 Å². The Balaban J connectivity index is 2.18. The molecule has 1 aliphatic rings. The van der Waals surface area contributed by atoms with Crippen LogP contribution in [0.1, 0.15) is 26.0 Å². The Bertz CT molecular complexity index is 364. The average Bonchev–Trinajstić information content (AvgIpc) is 2.64. The molecule has 0 atom stereocenters. The summed E-state index contributed by atoms with van der Waals surface area (Å²) in [5.41, 5.74) is 2.49. The predicted octanol–water partition coefficient (Wildman–Crippen LogP) is 1.31. The van der Waals surface area contributed by atoms with E-state index >= 15 is 0 Å². The van der Waals surface area contributed by atoms with Crippen LogP contribution in [-0.2, 0) is 7.05 Å². The van der Waals surface area contributed by atoms with E-state index in [0.717, 1.165) is 25.2 Å². The van der Waals surface area contributed by atoms with Gasteiger partial charge in [-0.05, 0) is 25.8 Å². The normalized spacial score (nSPS) is 18.3. The van der Waals surface area contributed by atoms with E-state index in [1.54, 1.807) is 0 Å². The van der Waals surface area contributed by atoms with Crippen LogP contribution in [0.15, 0.2) is 12.3 Å². The zero-order chi connectivity index (χ0) is 10.8. The molecule has 4 heteroatoms. The predicted molar refractivity (Wildman–Crippen MR) is 60.3 cm³/mol. The highest BCUT2D eigenvalue weighted by molar-refractivity contribution is 5.64. The largest absolute Gasteiger partial charge is 0.296 e. The molecule has 0 N–H and O–H groups in total. The molecule has 4 nitrogen and oxygen atoms in total. The van der Waals surface area contributed by atoms with Gasteiger partial charge in [0.05, 0.1) is 11.9 Å². The topological polar surface area (TPSA) is 34.0 Å². The summed E-state index contributed by atoms with van der Waals surface area (Å²) in [6.45, 7) is 6.65. The maximum absolute atomic E-state index is 3.97. The first-order valence-corrected chi connectivity index (χ1v) is 5.46. The fourth-order valence-electron chi connectivity index (χ4n) is 1.97. The van der Waals surface area contributed by atoms with Crippen molar-refractivity contribution in [2.75, 3.05) is 13.1 Å². The molecule has 2 rings (SSSR count). The molecule has 82 valence electrons. The van der Waals surface area contributed by atoms with Crippen molar-refractivity contribution < 1.29 is 0 Å². The maximum Gasteiger partial charge on any atom is 0.0851 e. The van der Waals surface area contributed by atoms with Gasteiger partial charge in [-0.2, -0.15) is 0 Å². The fourth-order valence-corrected chi connectivity index (χ4v) is 1.97. The van der Waals surface area contributed by atoms with Crippen LogP contribution in [0.25, 0.3) is 5.57 Å². The number of nitrogens with zero attached hydrogens (tertiary/aromatic N) is 4. The molecule has 0 fully saturated rings. The van der Waals surface area contributed by atoms with Gasteiger partial charge in [-0.1, -0.05) is 11.3 Å². The molecule has 0 spiro atoms. The van der Waals surface area contributed by atoms with Gasteiger partial charge in [0.25, 0.3) is 0 Å². The van der Waals surface area contributed by atoms with E-state index in [-0.39, 0.29) is 0 Å². The van der Waals surface area contributed by atoms with Crippen LogP contribution in [0, 0.1) is 0 Å². The molecule has 0 bridgehead atoms. The summed E-state index contributed by atoms with van der Waals surface area (Å²) in [7, 11) is 1.94. The molecule has 0 saturated heterocycles. The third kappa shape index (κ3) is 2.09. The smallest absolute Gasteiger partial charge is 0.0851 e. The van der Waals surface area contributed by atoms with Gasteiger partial charge >= 0.3 is 0 Å². The maximum atomic E-state index is 3.97. The van der Waals surface area contributed by atoms with Crippen molar-refractivity contribution in [3.05, 3.63) is 18.0 Å². The lowest BCUT2D eigenvalue weighted by molar-refractivity contribution is 0.247. The molecule has 0 saturated carbocycles. The van der Waals surface area contributed by atoms with Gasteiger partial charge in [0, 0.05) is 26.2 Å². The van der Waals surface area contributed by atoms with E-state index in [1.165, 1.54) is 5.57 Å². The Morgan fingerprint density at radius 2 is 2.20 bits per heavy atom. The molecule has 15 heavy (non-hydrogen) atoms. The number of hydrogen-bond donors (Lipinski definition) is 0. The summed E-state index contributed by atoms with van der Waals surface area (Å²) in [6, 6.07) is 0.606. The van der Waals surface area contributed by atoms with Crippen molar-refractivity contribution in [3.8, 4) is 0 Å². The molecular formula is C11H18N4. The molecule has 0 unspecified atom stereocenters. The second-order valence-corrected chi connectivity index (χ2v) is 4.33. The van der Waals surface area contributed by atoms with E-state index < -0.39 is 0 Å². The lowest BCUT2D eigenvalue weighted by Crippen LogP contribution is -2.35. The highest BCUT2D eigenvalue weighted by atomic mass is 15.4. The molecule has 0 radical (unpaired) electrons. The summed E-state index contributed by atoms with van der Waals surface area (Å²) in [5, 5.41) is 7.89.